The fourth-order valence-corrected chi connectivity index (χ4v) is 2.15. The minimum Gasteiger partial charge on any atom is -0.465 e. The van der Waals surface area contributed by atoms with Gasteiger partial charge < -0.3 is 10.0 Å². The summed E-state index contributed by atoms with van der Waals surface area (Å²) in [7, 11) is 0. The molecular formula is C12H13N3O2. The number of piperidine rings is 1. The molecule has 1 aliphatic heterocycles. The number of aromatic nitrogens is 1. The Kier molecular flexibility index (Phi) is 2.96. The van der Waals surface area contributed by atoms with E-state index in [0.29, 0.717) is 25.9 Å². The van der Waals surface area contributed by atoms with Gasteiger partial charge >= 0.3 is 6.09 Å². The van der Waals surface area contributed by atoms with Gasteiger partial charge in [0.25, 0.3) is 0 Å². The van der Waals surface area contributed by atoms with Crippen LogP contribution in [0.3, 0.4) is 0 Å². The van der Waals surface area contributed by atoms with Gasteiger partial charge in [-0.1, -0.05) is 6.07 Å². The average molecular weight is 231 g/mol. The number of carbonyl (C=O) groups is 1. The SMILES string of the molecule is N#CC1(c2ccccn2)CCN(C(=O)O)CC1. The first-order valence-corrected chi connectivity index (χ1v) is 5.48. The highest BCUT2D eigenvalue weighted by molar-refractivity contribution is 5.65. The maximum atomic E-state index is 10.8. The first kappa shape index (κ1) is 11.4. The van der Waals surface area contributed by atoms with E-state index in [9.17, 15) is 10.1 Å². The van der Waals surface area contributed by atoms with Gasteiger partial charge in [-0.25, -0.2) is 4.79 Å². The summed E-state index contributed by atoms with van der Waals surface area (Å²) >= 11 is 0. The Labute approximate surface area is 99.3 Å². The molecule has 0 atom stereocenters. The smallest absolute Gasteiger partial charge is 0.407 e. The van der Waals surface area contributed by atoms with Crippen LogP contribution in [0, 0.1) is 11.3 Å². The minimum atomic E-state index is -0.919. The van der Waals surface area contributed by atoms with Gasteiger partial charge in [-0.15, -0.1) is 0 Å². The summed E-state index contributed by atoms with van der Waals surface area (Å²) in [6.07, 6.45) is 1.76. The van der Waals surface area contributed by atoms with Crippen molar-refractivity contribution < 1.29 is 9.90 Å². The molecule has 0 bridgehead atoms. The van der Waals surface area contributed by atoms with Crippen LogP contribution in [0.5, 0.6) is 0 Å². The van der Waals surface area contributed by atoms with Crippen LogP contribution in [0.25, 0.3) is 0 Å². The van der Waals surface area contributed by atoms with Crippen LogP contribution < -0.4 is 0 Å². The molecule has 0 radical (unpaired) electrons. The van der Waals surface area contributed by atoms with E-state index in [1.54, 1.807) is 12.3 Å². The average Bonchev–Trinajstić information content (AvgIpc) is 2.40. The molecule has 5 heteroatoms. The van der Waals surface area contributed by atoms with E-state index in [0.717, 1.165) is 5.69 Å². The molecule has 0 saturated carbocycles. The van der Waals surface area contributed by atoms with E-state index < -0.39 is 11.5 Å². The summed E-state index contributed by atoms with van der Waals surface area (Å²) in [6.45, 7) is 0.777. The van der Waals surface area contributed by atoms with Gasteiger partial charge in [0, 0.05) is 19.3 Å². The largest absolute Gasteiger partial charge is 0.465 e. The maximum absolute atomic E-state index is 10.8. The molecule has 2 heterocycles. The summed E-state index contributed by atoms with van der Waals surface area (Å²) in [5.41, 5.74) is 0.111. The molecule has 1 aromatic heterocycles. The molecule has 0 spiro atoms. The molecule has 1 amide bonds. The van der Waals surface area contributed by atoms with Crippen molar-refractivity contribution in [1.82, 2.24) is 9.88 Å². The zero-order valence-corrected chi connectivity index (χ0v) is 9.33. The third-order valence-electron chi connectivity index (χ3n) is 3.26. The van der Waals surface area contributed by atoms with E-state index in [2.05, 4.69) is 11.1 Å². The molecule has 0 unspecified atom stereocenters. The maximum Gasteiger partial charge on any atom is 0.407 e. The number of hydrogen-bond donors (Lipinski definition) is 1. The van der Waals surface area contributed by atoms with Crippen LogP contribution in [0.2, 0.25) is 0 Å². The molecular weight excluding hydrogens is 218 g/mol. The Balaban J connectivity index is 2.20. The number of nitrogens with zero attached hydrogens (tertiary/aromatic N) is 3. The number of carboxylic acid groups (broad SMARTS) is 1. The zero-order valence-electron chi connectivity index (χ0n) is 9.33. The second-order valence-electron chi connectivity index (χ2n) is 4.18. The lowest BCUT2D eigenvalue weighted by atomic mass is 9.77. The van der Waals surface area contributed by atoms with Crippen molar-refractivity contribution in [3.8, 4) is 6.07 Å². The lowest BCUT2D eigenvalue weighted by Gasteiger charge is -2.35. The van der Waals surface area contributed by atoms with Crippen molar-refractivity contribution in [2.45, 2.75) is 18.3 Å². The fourth-order valence-electron chi connectivity index (χ4n) is 2.15. The van der Waals surface area contributed by atoms with E-state index >= 15 is 0 Å². The predicted octanol–water partition coefficient (Wildman–Crippen LogP) is 1.62. The van der Waals surface area contributed by atoms with Crippen molar-refractivity contribution in [1.29, 1.82) is 5.26 Å². The molecule has 2 rings (SSSR count). The van der Waals surface area contributed by atoms with Crippen LogP contribution in [-0.2, 0) is 5.41 Å². The van der Waals surface area contributed by atoms with Gasteiger partial charge in [-0.05, 0) is 25.0 Å². The molecule has 1 saturated heterocycles. The van der Waals surface area contributed by atoms with E-state index in [4.69, 9.17) is 5.11 Å². The van der Waals surface area contributed by atoms with Gasteiger partial charge in [0.05, 0.1) is 11.8 Å². The lowest BCUT2D eigenvalue weighted by Crippen LogP contribution is -2.44. The van der Waals surface area contributed by atoms with Gasteiger partial charge in [0.15, 0.2) is 0 Å². The van der Waals surface area contributed by atoms with Crippen molar-refractivity contribution in [3.63, 3.8) is 0 Å². The number of rotatable bonds is 1. The molecule has 5 nitrogen and oxygen atoms in total. The van der Waals surface area contributed by atoms with Crippen LogP contribution in [0.4, 0.5) is 4.79 Å². The van der Waals surface area contributed by atoms with Gasteiger partial charge in [-0.2, -0.15) is 5.26 Å². The quantitative estimate of drug-likeness (QED) is 0.796. The topological polar surface area (TPSA) is 77.2 Å². The molecule has 1 fully saturated rings. The van der Waals surface area contributed by atoms with Crippen molar-refractivity contribution in [2.75, 3.05) is 13.1 Å². The number of hydrogen-bond acceptors (Lipinski definition) is 3. The van der Waals surface area contributed by atoms with E-state index in [1.165, 1.54) is 4.90 Å². The third kappa shape index (κ3) is 2.07. The number of amides is 1. The van der Waals surface area contributed by atoms with Crippen molar-refractivity contribution in [2.24, 2.45) is 0 Å². The predicted molar refractivity (Wildman–Crippen MR) is 60.4 cm³/mol. The van der Waals surface area contributed by atoms with Crippen molar-refractivity contribution >= 4 is 6.09 Å². The highest BCUT2D eigenvalue weighted by Gasteiger charge is 2.38. The normalized spacial score (nSPS) is 18.4. The molecule has 1 aromatic rings. The van der Waals surface area contributed by atoms with Crippen molar-refractivity contribution in [3.05, 3.63) is 30.1 Å². The standard InChI is InChI=1S/C12H13N3O2/c13-9-12(10-3-1-2-6-14-10)4-7-15(8-5-12)11(16)17/h1-3,6H,4-5,7-8H2,(H,16,17). The number of pyridine rings is 1. The van der Waals surface area contributed by atoms with E-state index in [-0.39, 0.29) is 0 Å². The van der Waals surface area contributed by atoms with Crippen LogP contribution >= 0.6 is 0 Å². The highest BCUT2D eigenvalue weighted by atomic mass is 16.4. The second kappa shape index (κ2) is 4.42. The monoisotopic (exact) mass is 231 g/mol. The number of nitriles is 1. The summed E-state index contributed by atoms with van der Waals surface area (Å²) in [5.74, 6) is 0. The first-order chi connectivity index (χ1) is 8.18. The Morgan fingerprint density at radius 2 is 2.18 bits per heavy atom. The van der Waals surface area contributed by atoms with E-state index in [1.807, 2.05) is 12.1 Å². The summed E-state index contributed by atoms with van der Waals surface area (Å²) in [6, 6.07) is 7.80. The Morgan fingerprint density at radius 3 is 2.65 bits per heavy atom. The Morgan fingerprint density at radius 1 is 1.47 bits per heavy atom. The molecule has 88 valence electrons. The van der Waals surface area contributed by atoms with Crippen LogP contribution in [-0.4, -0.2) is 34.2 Å². The van der Waals surface area contributed by atoms with Gasteiger partial charge in [-0.3, -0.25) is 4.98 Å². The Hall–Kier alpha value is -2.09. The van der Waals surface area contributed by atoms with Gasteiger partial charge in [0.1, 0.15) is 5.41 Å². The summed E-state index contributed by atoms with van der Waals surface area (Å²) < 4.78 is 0. The Bertz CT molecular complexity index is 445. The molecule has 0 aliphatic carbocycles. The minimum absolute atomic E-state index is 0.388. The summed E-state index contributed by atoms with van der Waals surface area (Å²) in [5, 5.41) is 18.2. The zero-order chi connectivity index (χ0) is 12.3. The lowest BCUT2D eigenvalue weighted by molar-refractivity contribution is 0.124. The third-order valence-corrected chi connectivity index (χ3v) is 3.26. The van der Waals surface area contributed by atoms with Crippen LogP contribution in [0.1, 0.15) is 18.5 Å². The molecule has 0 aromatic carbocycles. The second-order valence-corrected chi connectivity index (χ2v) is 4.18. The molecule has 1 N–H and O–H groups in total. The summed E-state index contributed by atoms with van der Waals surface area (Å²) in [4.78, 5) is 16.4. The van der Waals surface area contributed by atoms with Crippen LogP contribution in [0.15, 0.2) is 24.4 Å². The fraction of sp³-hybridized carbons (Fsp3) is 0.417. The number of likely N-dealkylation sites (tertiary alicyclic amines) is 1. The molecule has 17 heavy (non-hydrogen) atoms. The first-order valence-electron chi connectivity index (χ1n) is 5.48. The highest BCUT2D eigenvalue weighted by Crippen LogP contribution is 2.33. The van der Waals surface area contributed by atoms with Gasteiger partial charge in [0.2, 0.25) is 0 Å². The molecule has 1 aliphatic rings.